The van der Waals surface area contributed by atoms with Crippen LogP contribution in [0.5, 0.6) is 0 Å². The number of amides is 1. The molecule has 0 unspecified atom stereocenters. The monoisotopic (exact) mass is 413 g/mol. The van der Waals surface area contributed by atoms with Crippen molar-refractivity contribution in [1.29, 1.82) is 0 Å². The number of carbonyl (C=O) groups excluding carboxylic acids is 1. The molecule has 0 aliphatic carbocycles. The van der Waals surface area contributed by atoms with E-state index in [0.717, 1.165) is 43.1 Å². The van der Waals surface area contributed by atoms with Gasteiger partial charge in [0.15, 0.2) is 0 Å². The quantitative estimate of drug-likeness (QED) is 0.748. The van der Waals surface area contributed by atoms with Crippen molar-refractivity contribution in [2.45, 2.75) is 30.6 Å². The summed E-state index contributed by atoms with van der Waals surface area (Å²) in [5.41, 5.74) is 0.489. The molecule has 3 rings (SSSR count). The smallest absolute Gasteiger partial charge is 0.243 e. The summed E-state index contributed by atoms with van der Waals surface area (Å²) in [6.07, 6.45) is 4.07. The second-order valence-corrected chi connectivity index (χ2v) is 9.98. The molecule has 1 amide bonds. The number of sulfonamides is 1. The average molecular weight is 414 g/mol. The second-order valence-electron chi connectivity index (χ2n) is 6.44. The Labute approximate surface area is 164 Å². The van der Waals surface area contributed by atoms with Crippen LogP contribution in [0.15, 0.2) is 29.2 Å². The largest absolute Gasteiger partial charge is 0.358 e. The van der Waals surface area contributed by atoms with Gasteiger partial charge in [-0.15, -0.1) is 0 Å². The molecule has 2 heterocycles. The lowest BCUT2D eigenvalue weighted by Gasteiger charge is -2.17. The zero-order chi connectivity index (χ0) is 18.6. The van der Waals surface area contributed by atoms with Gasteiger partial charge in [-0.25, -0.2) is 8.42 Å². The first-order valence-electron chi connectivity index (χ1n) is 8.78. The fourth-order valence-corrected chi connectivity index (χ4v) is 5.74. The highest BCUT2D eigenvalue weighted by Gasteiger charge is 2.27. The summed E-state index contributed by atoms with van der Waals surface area (Å²) in [4.78, 5) is 14.5. The number of hydrogen-bond donors (Lipinski definition) is 1. The molecule has 0 atom stereocenters. The number of anilines is 1. The van der Waals surface area contributed by atoms with Crippen LogP contribution < -0.4 is 5.32 Å². The van der Waals surface area contributed by atoms with Gasteiger partial charge >= 0.3 is 0 Å². The van der Waals surface area contributed by atoms with Gasteiger partial charge in [-0.05, 0) is 43.9 Å². The summed E-state index contributed by atoms with van der Waals surface area (Å²) in [7, 11) is -3.48. The Bertz CT molecular complexity index is 770. The molecule has 0 aromatic heterocycles. The van der Waals surface area contributed by atoms with Crippen LogP contribution in [0.3, 0.4) is 0 Å². The third kappa shape index (κ3) is 4.76. The van der Waals surface area contributed by atoms with Crippen LogP contribution >= 0.6 is 24.0 Å². The van der Waals surface area contributed by atoms with Crippen molar-refractivity contribution in [3.05, 3.63) is 24.3 Å². The maximum atomic E-state index is 12.6. The third-order valence-electron chi connectivity index (χ3n) is 4.51. The molecule has 1 aromatic carbocycles. The first-order valence-corrected chi connectivity index (χ1v) is 11.6. The van der Waals surface area contributed by atoms with E-state index in [1.165, 1.54) is 22.1 Å². The summed E-state index contributed by atoms with van der Waals surface area (Å²) < 4.78 is 27.5. The lowest BCUT2D eigenvalue weighted by atomic mass is 10.3. The Kier molecular flexibility index (Phi) is 6.55. The number of benzene rings is 1. The Morgan fingerprint density at radius 2 is 1.77 bits per heavy atom. The minimum absolute atomic E-state index is 0.188. The molecular weight excluding hydrogens is 390 g/mol. The fourth-order valence-electron chi connectivity index (χ4n) is 3.13. The number of hydrogen-bond acceptors (Lipinski definition) is 5. The van der Waals surface area contributed by atoms with Crippen LogP contribution in [0.25, 0.3) is 0 Å². The Morgan fingerprint density at radius 3 is 2.46 bits per heavy atom. The Morgan fingerprint density at radius 1 is 1.12 bits per heavy atom. The van der Waals surface area contributed by atoms with Crippen LogP contribution in [0.4, 0.5) is 5.69 Å². The van der Waals surface area contributed by atoms with Crippen LogP contribution in [0, 0.1) is 0 Å². The van der Waals surface area contributed by atoms with Crippen LogP contribution in [0.1, 0.15) is 25.7 Å². The molecule has 6 nitrogen and oxygen atoms in total. The fraction of sp³-hybridized carbons (Fsp3) is 0.529. The maximum Gasteiger partial charge on any atom is 0.243 e. The first kappa shape index (κ1) is 19.6. The molecule has 142 valence electrons. The van der Waals surface area contributed by atoms with Gasteiger partial charge < -0.3 is 10.2 Å². The number of thioether (sulfide) groups is 1. The van der Waals surface area contributed by atoms with Gasteiger partial charge in [0.25, 0.3) is 0 Å². The van der Waals surface area contributed by atoms with Gasteiger partial charge in [-0.3, -0.25) is 4.79 Å². The standard InChI is InChI=1S/C17H23N3O3S3/c21-16(13-25-17(24)19-8-1-2-9-19)18-14-6-5-7-15(12-14)26(22,23)20-10-3-4-11-20/h5-7,12H,1-4,8-11,13H2,(H,18,21). The maximum absolute atomic E-state index is 12.6. The van der Waals surface area contributed by atoms with E-state index in [9.17, 15) is 13.2 Å². The molecule has 2 aliphatic rings. The van der Waals surface area contributed by atoms with Crippen molar-refractivity contribution in [1.82, 2.24) is 9.21 Å². The van der Waals surface area contributed by atoms with E-state index in [2.05, 4.69) is 10.2 Å². The van der Waals surface area contributed by atoms with Gasteiger partial charge in [-0.2, -0.15) is 4.31 Å². The molecule has 2 aliphatic heterocycles. The highest BCUT2D eigenvalue weighted by Crippen LogP contribution is 2.23. The summed E-state index contributed by atoms with van der Waals surface area (Å²) >= 11 is 6.70. The van der Waals surface area contributed by atoms with Gasteiger partial charge in [-0.1, -0.05) is 30.0 Å². The van der Waals surface area contributed by atoms with Crippen LogP contribution in [0.2, 0.25) is 0 Å². The van der Waals surface area contributed by atoms with Crippen molar-refractivity contribution in [3.63, 3.8) is 0 Å². The third-order valence-corrected chi connectivity index (χ3v) is 7.93. The van der Waals surface area contributed by atoms with Crippen molar-refractivity contribution < 1.29 is 13.2 Å². The van der Waals surface area contributed by atoms with Crippen LogP contribution in [-0.2, 0) is 14.8 Å². The molecule has 0 saturated carbocycles. The lowest BCUT2D eigenvalue weighted by molar-refractivity contribution is -0.113. The van der Waals surface area contributed by atoms with Crippen molar-refractivity contribution in [2.24, 2.45) is 0 Å². The first-order chi connectivity index (χ1) is 12.5. The summed E-state index contributed by atoms with van der Waals surface area (Å²) in [5, 5.41) is 2.77. The number of nitrogens with one attached hydrogen (secondary N) is 1. The normalized spacial score (nSPS) is 18.2. The van der Waals surface area contributed by atoms with E-state index >= 15 is 0 Å². The zero-order valence-corrected chi connectivity index (χ0v) is 17.0. The zero-order valence-electron chi connectivity index (χ0n) is 14.5. The van der Waals surface area contributed by atoms with E-state index in [4.69, 9.17) is 12.2 Å². The predicted molar refractivity (Wildman–Crippen MR) is 109 cm³/mol. The molecule has 2 saturated heterocycles. The number of rotatable bonds is 5. The lowest BCUT2D eigenvalue weighted by Crippen LogP contribution is -2.28. The second kappa shape index (κ2) is 8.69. The molecule has 1 aromatic rings. The Balaban J connectivity index is 1.57. The predicted octanol–water partition coefficient (Wildman–Crippen LogP) is 2.52. The summed E-state index contributed by atoms with van der Waals surface area (Å²) in [6, 6.07) is 6.44. The molecule has 1 N–H and O–H groups in total. The summed E-state index contributed by atoms with van der Waals surface area (Å²) in [5.74, 6) is 0.0330. The molecular formula is C17H23N3O3S3. The molecule has 9 heteroatoms. The topological polar surface area (TPSA) is 69.7 Å². The molecule has 2 fully saturated rings. The molecule has 0 spiro atoms. The number of thiocarbonyl (C=S) groups is 1. The molecule has 0 radical (unpaired) electrons. The molecule has 0 bridgehead atoms. The number of likely N-dealkylation sites (tertiary alicyclic amines) is 1. The van der Waals surface area contributed by atoms with Gasteiger partial charge in [0.2, 0.25) is 15.9 Å². The minimum Gasteiger partial charge on any atom is -0.358 e. The SMILES string of the molecule is O=C(CSC(=S)N1CCCC1)Nc1cccc(S(=O)(=O)N2CCCC2)c1. The van der Waals surface area contributed by atoms with E-state index in [1.54, 1.807) is 18.2 Å². The highest BCUT2D eigenvalue weighted by molar-refractivity contribution is 8.23. The minimum atomic E-state index is -3.48. The van der Waals surface area contributed by atoms with Crippen LogP contribution in [-0.4, -0.2) is 59.8 Å². The van der Waals surface area contributed by atoms with Crippen molar-refractivity contribution in [2.75, 3.05) is 37.2 Å². The molecule has 26 heavy (non-hydrogen) atoms. The van der Waals surface area contributed by atoms with Gasteiger partial charge in [0.05, 0.1) is 10.6 Å². The highest BCUT2D eigenvalue weighted by atomic mass is 32.2. The van der Waals surface area contributed by atoms with E-state index < -0.39 is 10.0 Å². The van der Waals surface area contributed by atoms with Crippen molar-refractivity contribution in [3.8, 4) is 0 Å². The van der Waals surface area contributed by atoms with E-state index in [1.807, 2.05) is 0 Å². The van der Waals surface area contributed by atoms with E-state index in [-0.39, 0.29) is 16.6 Å². The van der Waals surface area contributed by atoms with Crippen molar-refractivity contribution >= 4 is 49.9 Å². The summed E-state index contributed by atoms with van der Waals surface area (Å²) in [6.45, 7) is 3.04. The Hall–Kier alpha value is -1.16. The van der Waals surface area contributed by atoms with Gasteiger partial charge in [0.1, 0.15) is 4.32 Å². The van der Waals surface area contributed by atoms with Gasteiger partial charge in [0, 0.05) is 31.9 Å². The number of nitrogens with zero attached hydrogens (tertiary/aromatic N) is 2. The average Bonchev–Trinajstić information content (AvgIpc) is 3.33. The van der Waals surface area contributed by atoms with E-state index in [0.29, 0.717) is 18.8 Å². The number of carbonyl (C=O) groups is 1.